The molecule has 1 aliphatic rings. The maximum atomic E-state index is 5.67. The van der Waals surface area contributed by atoms with E-state index in [9.17, 15) is 0 Å². The lowest BCUT2D eigenvalue weighted by molar-refractivity contribution is 0.928. The number of anilines is 3. The zero-order valence-corrected chi connectivity index (χ0v) is 10.7. The third-order valence-electron chi connectivity index (χ3n) is 3.27. The van der Waals surface area contributed by atoms with Crippen LogP contribution in [-0.4, -0.2) is 30.9 Å². The molecule has 1 aromatic heterocycles. The van der Waals surface area contributed by atoms with E-state index in [1.165, 1.54) is 12.8 Å². The summed E-state index contributed by atoms with van der Waals surface area (Å²) in [5.41, 5.74) is 1.73. The number of aromatic nitrogens is 2. The summed E-state index contributed by atoms with van der Waals surface area (Å²) < 4.78 is 0. The second kappa shape index (κ2) is 5.30. The van der Waals surface area contributed by atoms with E-state index >= 15 is 0 Å². The summed E-state index contributed by atoms with van der Waals surface area (Å²) in [5, 5.41) is 3.26. The molecule has 5 heteroatoms. The van der Waals surface area contributed by atoms with Gasteiger partial charge in [-0.2, -0.15) is 0 Å². The molecule has 1 saturated heterocycles. The molecule has 0 amide bonds. The Morgan fingerprint density at radius 2 is 1.79 bits per heavy atom. The van der Waals surface area contributed by atoms with Crippen LogP contribution in [0, 0.1) is 0 Å². The topological polar surface area (TPSA) is 41.0 Å². The molecule has 1 N–H and O–H groups in total. The first-order valence-corrected chi connectivity index (χ1v) is 6.51. The quantitative estimate of drug-likeness (QED) is 0.840. The van der Waals surface area contributed by atoms with E-state index < -0.39 is 0 Å². The summed E-state index contributed by atoms with van der Waals surface area (Å²) in [7, 11) is 5.67. The fourth-order valence-electron chi connectivity index (χ4n) is 2.25. The van der Waals surface area contributed by atoms with Crippen LogP contribution in [0.4, 0.5) is 17.3 Å². The summed E-state index contributed by atoms with van der Waals surface area (Å²) >= 11 is 0. The van der Waals surface area contributed by atoms with Crippen LogP contribution in [0.15, 0.2) is 36.7 Å². The van der Waals surface area contributed by atoms with Crippen molar-refractivity contribution in [2.24, 2.45) is 0 Å². The Kier molecular flexibility index (Phi) is 3.36. The van der Waals surface area contributed by atoms with E-state index in [1.807, 2.05) is 30.3 Å². The molecule has 3 rings (SSSR count). The Bertz CT molecular complexity index is 550. The molecule has 1 fully saturated rings. The predicted molar refractivity (Wildman–Crippen MR) is 78.6 cm³/mol. The summed E-state index contributed by atoms with van der Waals surface area (Å²) in [6, 6.07) is 9.59. The van der Waals surface area contributed by atoms with Crippen molar-refractivity contribution >= 4 is 30.6 Å². The molecule has 19 heavy (non-hydrogen) atoms. The van der Waals surface area contributed by atoms with Gasteiger partial charge in [0.15, 0.2) is 0 Å². The molecule has 1 aromatic carbocycles. The Hall–Kier alpha value is -2.04. The van der Waals surface area contributed by atoms with Gasteiger partial charge in [-0.05, 0) is 25.0 Å². The second-order valence-electron chi connectivity index (χ2n) is 4.70. The molecule has 94 valence electrons. The summed E-state index contributed by atoms with van der Waals surface area (Å²) in [4.78, 5) is 10.9. The largest absolute Gasteiger partial charge is 0.356 e. The average Bonchev–Trinajstić information content (AvgIpc) is 2.96. The van der Waals surface area contributed by atoms with Crippen LogP contribution in [0.2, 0.25) is 0 Å². The van der Waals surface area contributed by atoms with Crippen LogP contribution in [0.5, 0.6) is 0 Å². The van der Waals surface area contributed by atoms with Gasteiger partial charge in [0, 0.05) is 24.8 Å². The Morgan fingerprint density at radius 1 is 1.05 bits per heavy atom. The zero-order chi connectivity index (χ0) is 13.1. The number of benzene rings is 1. The standard InChI is InChI=1S/C14H15BN4/c15-11-3-5-12(6-4-11)18-13-9-14(17-10-16-13)19-7-1-2-8-19/h3-6,9-10H,1-2,7-8H2,(H,16,17,18). The number of nitrogens with zero attached hydrogens (tertiary/aromatic N) is 3. The van der Waals surface area contributed by atoms with Gasteiger partial charge in [0.05, 0.1) is 0 Å². The first kappa shape index (κ1) is 12.0. The van der Waals surface area contributed by atoms with Crippen LogP contribution in [0.3, 0.4) is 0 Å². The van der Waals surface area contributed by atoms with Crippen molar-refractivity contribution in [3.05, 3.63) is 36.7 Å². The van der Waals surface area contributed by atoms with Crippen molar-refractivity contribution in [1.29, 1.82) is 0 Å². The third-order valence-corrected chi connectivity index (χ3v) is 3.27. The summed E-state index contributed by atoms with van der Waals surface area (Å²) in [6.45, 7) is 2.16. The molecule has 4 nitrogen and oxygen atoms in total. The molecular formula is C14H15BN4. The molecule has 2 heterocycles. The van der Waals surface area contributed by atoms with Crippen molar-refractivity contribution in [2.75, 3.05) is 23.3 Å². The van der Waals surface area contributed by atoms with Gasteiger partial charge in [0.2, 0.25) is 0 Å². The van der Waals surface area contributed by atoms with Gasteiger partial charge in [-0.1, -0.05) is 17.6 Å². The van der Waals surface area contributed by atoms with E-state index in [0.717, 1.165) is 35.9 Å². The van der Waals surface area contributed by atoms with Gasteiger partial charge in [-0.3, -0.25) is 0 Å². The van der Waals surface area contributed by atoms with Gasteiger partial charge in [0.25, 0.3) is 0 Å². The van der Waals surface area contributed by atoms with Crippen LogP contribution in [0.25, 0.3) is 0 Å². The van der Waals surface area contributed by atoms with Gasteiger partial charge < -0.3 is 10.2 Å². The van der Waals surface area contributed by atoms with Crippen molar-refractivity contribution in [3.8, 4) is 0 Å². The minimum absolute atomic E-state index is 0.756. The van der Waals surface area contributed by atoms with E-state index in [-0.39, 0.29) is 0 Å². The van der Waals surface area contributed by atoms with Crippen molar-refractivity contribution < 1.29 is 0 Å². The van der Waals surface area contributed by atoms with E-state index in [2.05, 4.69) is 20.2 Å². The van der Waals surface area contributed by atoms with Gasteiger partial charge in [0.1, 0.15) is 25.8 Å². The van der Waals surface area contributed by atoms with E-state index in [4.69, 9.17) is 7.85 Å². The first-order valence-electron chi connectivity index (χ1n) is 6.51. The Morgan fingerprint density at radius 3 is 2.53 bits per heavy atom. The van der Waals surface area contributed by atoms with Crippen LogP contribution in [0.1, 0.15) is 12.8 Å². The molecular weight excluding hydrogens is 235 g/mol. The summed E-state index contributed by atoms with van der Waals surface area (Å²) in [5.74, 6) is 1.80. The molecule has 2 radical (unpaired) electrons. The number of rotatable bonds is 3. The highest BCUT2D eigenvalue weighted by Crippen LogP contribution is 2.21. The number of nitrogens with one attached hydrogen (secondary N) is 1. The fraction of sp³-hybridized carbons (Fsp3) is 0.286. The molecule has 0 aliphatic carbocycles. The minimum atomic E-state index is 0.756. The average molecular weight is 250 g/mol. The van der Waals surface area contributed by atoms with E-state index in [0.29, 0.717) is 0 Å². The highest BCUT2D eigenvalue weighted by atomic mass is 15.2. The third kappa shape index (κ3) is 2.87. The Labute approximate surface area is 114 Å². The highest BCUT2D eigenvalue weighted by Gasteiger charge is 2.13. The van der Waals surface area contributed by atoms with Crippen LogP contribution < -0.4 is 15.7 Å². The lowest BCUT2D eigenvalue weighted by atomic mass is 9.96. The molecule has 0 unspecified atom stereocenters. The normalized spacial score (nSPS) is 14.6. The molecule has 0 saturated carbocycles. The lowest BCUT2D eigenvalue weighted by Crippen LogP contribution is -2.19. The van der Waals surface area contributed by atoms with Gasteiger partial charge >= 0.3 is 0 Å². The van der Waals surface area contributed by atoms with Crippen molar-refractivity contribution in [3.63, 3.8) is 0 Å². The molecule has 0 spiro atoms. The Balaban J connectivity index is 1.77. The fourth-order valence-corrected chi connectivity index (χ4v) is 2.25. The second-order valence-corrected chi connectivity index (χ2v) is 4.70. The minimum Gasteiger partial charge on any atom is -0.356 e. The highest BCUT2D eigenvalue weighted by molar-refractivity contribution is 6.32. The number of hydrogen-bond acceptors (Lipinski definition) is 4. The van der Waals surface area contributed by atoms with Crippen molar-refractivity contribution in [1.82, 2.24) is 9.97 Å². The smallest absolute Gasteiger partial charge is 0.135 e. The van der Waals surface area contributed by atoms with Crippen molar-refractivity contribution in [2.45, 2.75) is 12.8 Å². The zero-order valence-electron chi connectivity index (χ0n) is 10.7. The molecule has 1 aliphatic heterocycles. The monoisotopic (exact) mass is 250 g/mol. The SMILES string of the molecule is [B]c1ccc(Nc2cc(N3CCCC3)ncn2)cc1. The van der Waals surface area contributed by atoms with Crippen LogP contribution in [-0.2, 0) is 0 Å². The van der Waals surface area contributed by atoms with Crippen LogP contribution >= 0.6 is 0 Å². The molecule has 0 bridgehead atoms. The van der Waals surface area contributed by atoms with Gasteiger partial charge in [-0.25, -0.2) is 9.97 Å². The molecule has 0 atom stereocenters. The van der Waals surface area contributed by atoms with E-state index in [1.54, 1.807) is 6.33 Å². The maximum Gasteiger partial charge on any atom is 0.135 e. The predicted octanol–water partition coefficient (Wildman–Crippen LogP) is 1.61. The van der Waals surface area contributed by atoms with Gasteiger partial charge in [-0.15, -0.1) is 0 Å². The maximum absolute atomic E-state index is 5.67. The summed E-state index contributed by atoms with van der Waals surface area (Å²) in [6.07, 6.45) is 4.09. The lowest BCUT2D eigenvalue weighted by Gasteiger charge is -2.16. The number of hydrogen-bond donors (Lipinski definition) is 1. The first-order chi connectivity index (χ1) is 9.31. The molecule has 2 aromatic rings.